The fourth-order valence-corrected chi connectivity index (χ4v) is 4.37. The number of nitrogens with two attached hydrogens (primary N) is 1. The van der Waals surface area contributed by atoms with Crippen molar-refractivity contribution in [2.45, 2.75) is 150 Å². The molecule has 0 aromatic carbocycles. The van der Waals surface area contributed by atoms with Gasteiger partial charge in [0.05, 0.1) is 12.2 Å². The lowest BCUT2D eigenvalue weighted by molar-refractivity contribution is 0.0985. The van der Waals surface area contributed by atoms with E-state index < -0.39 is 7.82 Å². The maximum Gasteiger partial charge on any atom is 0.472 e. The van der Waals surface area contributed by atoms with Crippen molar-refractivity contribution in [2.75, 3.05) is 6.54 Å². The summed E-state index contributed by atoms with van der Waals surface area (Å²) in [5.74, 6) is 0. The average molecular weight is 452 g/mol. The third-order valence-electron chi connectivity index (χ3n) is 4.75. The molecule has 0 saturated heterocycles. The summed E-state index contributed by atoms with van der Waals surface area (Å²) in [5, 5.41) is 0. The lowest BCUT2D eigenvalue weighted by Crippen LogP contribution is -2.06. The summed E-state index contributed by atoms with van der Waals surface area (Å²) in [6.45, 7) is 9.86. The summed E-state index contributed by atoms with van der Waals surface area (Å²) in [6.07, 6.45) is 22.3. The predicted molar refractivity (Wildman–Crippen MR) is 131 cm³/mol. The Balaban J connectivity index is 0. The van der Waals surface area contributed by atoms with E-state index >= 15 is 0 Å². The Morgan fingerprint density at radius 3 is 1.13 bits per heavy atom. The molecule has 0 amide bonds. The first-order chi connectivity index (χ1) is 14.2. The van der Waals surface area contributed by atoms with Crippen LogP contribution in [0.3, 0.4) is 0 Å². The largest absolute Gasteiger partial charge is 0.472 e. The smallest absolute Gasteiger partial charge is 0.330 e. The summed E-state index contributed by atoms with van der Waals surface area (Å²) < 4.78 is 20.2. The SMILES string of the molecule is CC(C)OP(=O)(O)OC(C)C.CCCCCCCCCCCCCCCCCCN. The minimum atomic E-state index is -3.80. The maximum atomic E-state index is 10.9. The molecule has 0 radical (unpaired) electrons. The number of phosphoric ester groups is 1. The molecule has 0 aliphatic heterocycles. The molecule has 0 aliphatic rings. The van der Waals surface area contributed by atoms with Gasteiger partial charge in [-0.3, -0.25) is 9.05 Å². The Bertz CT molecular complexity index is 348. The first-order valence-corrected chi connectivity index (χ1v) is 14.1. The summed E-state index contributed by atoms with van der Waals surface area (Å²) in [7, 11) is -3.80. The predicted octanol–water partition coefficient (Wildman–Crippen LogP) is 8.14. The molecule has 6 heteroatoms. The number of hydrogen-bond acceptors (Lipinski definition) is 4. The molecule has 0 atom stereocenters. The molecule has 0 fully saturated rings. The van der Waals surface area contributed by atoms with Gasteiger partial charge in [0.2, 0.25) is 0 Å². The average Bonchev–Trinajstić information content (AvgIpc) is 2.63. The summed E-state index contributed by atoms with van der Waals surface area (Å²) in [4.78, 5) is 8.97. The van der Waals surface area contributed by atoms with E-state index in [0.29, 0.717) is 0 Å². The van der Waals surface area contributed by atoms with Gasteiger partial charge in [-0.25, -0.2) is 4.57 Å². The molecule has 0 heterocycles. The molecule has 5 nitrogen and oxygen atoms in total. The van der Waals surface area contributed by atoms with Crippen molar-refractivity contribution in [3.8, 4) is 0 Å². The molecule has 0 unspecified atom stereocenters. The van der Waals surface area contributed by atoms with Crippen LogP contribution >= 0.6 is 7.82 Å². The van der Waals surface area contributed by atoms with Crippen molar-refractivity contribution >= 4 is 7.82 Å². The van der Waals surface area contributed by atoms with Gasteiger partial charge in [0.25, 0.3) is 0 Å². The molecule has 0 spiro atoms. The molecule has 0 aliphatic carbocycles. The van der Waals surface area contributed by atoms with Gasteiger partial charge < -0.3 is 10.6 Å². The van der Waals surface area contributed by atoms with E-state index in [4.69, 9.17) is 10.6 Å². The Kier molecular flexibility index (Phi) is 25.5. The molecule has 30 heavy (non-hydrogen) atoms. The molecule has 0 saturated carbocycles. The Labute approximate surface area is 188 Å². The lowest BCUT2D eigenvalue weighted by Gasteiger charge is -2.16. The third kappa shape index (κ3) is 30.3. The number of hydrogen-bond donors (Lipinski definition) is 2. The van der Waals surface area contributed by atoms with E-state index in [9.17, 15) is 4.57 Å². The van der Waals surface area contributed by atoms with Gasteiger partial charge >= 0.3 is 7.82 Å². The molecular formula is C24H54NO4P. The van der Waals surface area contributed by atoms with Crippen LogP contribution in [0.2, 0.25) is 0 Å². The number of phosphoric acid groups is 1. The van der Waals surface area contributed by atoms with Crippen LogP contribution in [0.15, 0.2) is 0 Å². The normalized spacial score (nSPS) is 11.8. The number of unbranched alkanes of at least 4 members (excludes halogenated alkanes) is 15. The van der Waals surface area contributed by atoms with Crippen LogP contribution < -0.4 is 5.73 Å². The zero-order valence-electron chi connectivity index (χ0n) is 20.9. The highest BCUT2D eigenvalue weighted by molar-refractivity contribution is 7.47. The van der Waals surface area contributed by atoms with Crippen molar-refractivity contribution in [3.05, 3.63) is 0 Å². The minimum absolute atomic E-state index is 0.301. The first-order valence-electron chi connectivity index (χ1n) is 12.6. The van der Waals surface area contributed by atoms with Crippen LogP contribution in [0.4, 0.5) is 0 Å². The quantitative estimate of drug-likeness (QED) is 0.144. The maximum absolute atomic E-state index is 10.9. The van der Waals surface area contributed by atoms with E-state index in [1.165, 1.54) is 103 Å². The minimum Gasteiger partial charge on any atom is -0.330 e. The third-order valence-corrected chi connectivity index (χ3v) is 6.12. The first kappa shape index (κ1) is 32.3. The van der Waals surface area contributed by atoms with Crippen LogP contribution in [0.25, 0.3) is 0 Å². The van der Waals surface area contributed by atoms with Gasteiger partial charge in [-0.05, 0) is 40.7 Å². The second kappa shape index (κ2) is 23.7. The van der Waals surface area contributed by atoms with Crippen molar-refractivity contribution in [1.29, 1.82) is 0 Å². The zero-order chi connectivity index (χ0) is 23.1. The summed E-state index contributed by atoms with van der Waals surface area (Å²) in [5.41, 5.74) is 5.48. The van der Waals surface area contributed by atoms with Gasteiger partial charge in [-0.15, -0.1) is 0 Å². The highest BCUT2D eigenvalue weighted by atomic mass is 31.2. The van der Waals surface area contributed by atoms with Gasteiger partial charge in [-0.1, -0.05) is 103 Å². The molecule has 3 N–H and O–H groups in total. The van der Waals surface area contributed by atoms with Crippen LogP contribution in [0, 0.1) is 0 Å². The second-order valence-electron chi connectivity index (χ2n) is 8.87. The van der Waals surface area contributed by atoms with Crippen molar-refractivity contribution in [1.82, 2.24) is 0 Å². The standard InChI is InChI=1S/C18H39N.C6H15O4P/c1-2-3-4-5-6-7-8-9-10-11-12-13-14-15-16-17-18-19;1-5(2)9-11(7,8)10-6(3)4/h2-19H2,1H3;5-6H,1-4H3,(H,7,8). The van der Waals surface area contributed by atoms with Gasteiger partial charge in [-0.2, -0.15) is 0 Å². The van der Waals surface area contributed by atoms with Crippen molar-refractivity contribution in [2.24, 2.45) is 5.73 Å². The Hall–Kier alpha value is 0.0700. The topological polar surface area (TPSA) is 81.8 Å². The van der Waals surface area contributed by atoms with Crippen molar-refractivity contribution in [3.63, 3.8) is 0 Å². The second-order valence-corrected chi connectivity index (χ2v) is 10.2. The highest BCUT2D eigenvalue weighted by Gasteiger charge is 2.23. The van der Waals surface area contributed by atoms with Crippen LogP contribution in [0.5, 0.6) is 0 Å². The van der Waals surface area contributed by atoms with Gasteiger partial charge in [0.15, 0.2) is 0 Å². The molecule has 0 bridgehead atoms. The van der Waals surface area contributed by atoms with E-state index in [-0.39, 0.29) is 12.2 Å². The fraction of sp³-hybridized carbons (Fsp3) is 1.00. The Morgan fingerprint density at radius 2 is 0.900 bits per heavy atom. The molecular weight excluding hydrogens is 397 g/mol. The van der Waals surface area contributed by atoms with Crippen molar-refractivity contribution < 1.29 is 18.5 Å². The number of rotatable bonds is 20. The molecule has 0 aromatic rings. The molecule has 0 rings (SSSR count). The molecule has 184 valence electrons. The van der Waals surface area contributed by atoms with Gasteiger partial charge in [0, 0.05) is 0 Å². The molecule has 0 aromatic heterocycles. The van der Waals surface area contributed by atoms with Gasteiger partial charge in [0.1, 0.15) is 0 Å². The monoisotopic (exact) mass is 451 g/mol. The van der Waals surface area contributed by atoms with Crippen LogP contribution in [0.1, 0.15) is 137 Å². The highest BCUT2D eigenvalue weighted by Crippen LogP contribution is 2.45. The summed E-state index contributed by atoms with van der Waals surface area (Å²) >= 11 is 0. The van der Waals surface area contributed by atoms with E-state index in [1.807, 2.05) is 0 Å². The van der Waals surface area contributed by atoms with E-state index in [2.05, 4.69) is 16.0 Å². The van der Waals surface area contributed by atoms with E-state index in [1.54, 1.807) is 27.7 Å². The zero-order valence-corrected chi connectivity index (χ0v) is 21.8. The van der Waals surface area contributed by atoms with E-state index in [0.717, 1.165) is 6.54 Å². The lowest BCUT2D eigenvalue weighted by atomic mass is 10.0. The Morgan fingerprint density at radius 1 is 0.633 bits per heavy atom. The van der Waals surface area contributed by atoms with Crippen LogP contribution in [-0.4, -0.2) is 23.6 Å². The van der Waals surface area contributed by atoms with Crippen LogP contribution in [-0.2, 0) is 13.6 Å². The summed E-state index contributed by atoms with van der Waals surface area (Å²) in [6, 6.07) is 0. The fourth-order valence-electron chi connectivity index (χ4n) is 3.25.